The zero-order chi connectivity index (χ0) is 13.2. The van der Waals surface area contributed by atoms with Crippen LogP contribution in [0, 0.1) is 0 Å². The summed E-state index contributed by atoms with van der Waals surface area (Å²) in [5, 5.41) is 3.51. The number of hydrogen-bond donors (Lipinski definition) is 1. The number of aromatic nitrogens is 4. The van der Waals surface area contributed by atoms with Crippen molar-refractivity contribution < 1.29 is 0 Å². The van der Waals surface area contributed by atoms with Gasteiger partial charge in [0.15, 0.2) is 0 Å². The van der Waals surface area contributed by atoms with Crippen molar-refractivity contribution in [3.63, 3.8) is 0 Å². The normalized spacial score (nSPS) is 15.3. The zero-order valence-corrected chi connectivity index (χ0v) is 11.6. The summed E-state index contributed by atoms with van der Waals surface area (Å²) in [4.78, 5) is 8.69. The van der Waals surface area contributed by atoms with Crippen LogP contribution in [-0.4, -0.2) is 25.1 Å². The van der Waals surface area contributed by atoms with Crippen LogP contribution in [0.1, 0.15) is 44.2 Å². The van der Waals surface area contributed by atoms with Crippen LogP contribution in [0.25, 0.3) is 0 Å². The third kappa shape index (κ3) is 2.87. The molecule has 0 amide bonds. The van der Waals surface area contributed by atoms with Crippen LogP contribution in [0.4, 0.5) is 0 Å². The molecule has 5 heteroatoms. The summed E-state index contributed by atoms with van der Waals surface area (Å²) in [5.41, 5.74) is 1.22. The number of imidazole rings is 2. The summed E-state index contributed by atoms with van der Waals surface area (Å²) in [6.07, 6.45) is 10.4. The predicted octanol–water partition coefficient (Wildman–Crippen LogP) is 1.96. The molecule has 2 aromatic rings. The summed E-state index contributed by atoms with van der Waals surface area (Å²) in [6, 6.07) is 1.15. The van der Waals surface area contributed by atoms with Crippen LogP contribution in [0.3, 0.4) is 0 Å². The molecule has 2 heterocycles. The second-order valence-corrected chi connectivity index (χ2v) is 5.51. The third-order valence-electron chi connectivity index (χ3n) is 3.56. The van der Waals surface area contributed by atoms with Crippen molar-refractivity contribution in [1.29, 1.82) is 0 Å². The van der Waals surface area contributed by atoms with Crippen molar-refractivity contribution in [2.75, 3.05) is 0 Å². The van der Waals surface area contributed by atoms with Crippen molar-refractivity contribution in [1.82, 2.24) is 24.4 Å². The van der Waals surface area contributed by atoms with Gasteiger partial charge in [0.25, 0.3) is 0 Å². The number of hydrogen-bond acceptors (Lipinski definition) is 3. The lowest BCUT2D eigenvalue weighted by Crippen LogP contribution is -2.19. The number of nitrogens with one attached hydrogen (secondary N) is 1. The molecule has 0 spiro atoms. The summed E-state index contributed by atoms with van der Waals surface area (Å²) in [7, 11) is 0. The van der Waals surface area contributed by atoms with Crippen molar-refractivity contribution in [2.24, 2.45) is 0 Å². The van der Waals surface area contributed by atoms with Crippen molar-refractivity contribution in [3.05, 3.63) is 36.4 Å². The molecule has 19 heavy (non-hydrogen) atoms. The van der Waals surface area contributed by atoms with E-state index in [1.54, 1.807) is 0 Å². The molecular formula is C14H21N5. The van der Waals surface area contributed by atoms with Gasteiger partial charge in [0.05, 0.1) is 25.1 Å². The number of nitrogens with zero attached hydrogens (tertiary/aromatic N) is 4. The zero-order valence-electron chi connectivity index (χ0n) is 11.6. The Bertz CT molecular complexity index is 536. The molecule has 0 radical (unpaired) electrons. The Balaban J connectivity index is 1.71. The highest BCUT2D eigenvalue weighted by Crippen LogP contribution is 2.19. The highest BCUT2D eigenvalue weighted by atomic mass is 15.1. The lowest BCUT2D eigenvalue weighted by Gasteiger charge is -2.13. The van der Waals surface area contributed by atoms with E-state index >= 15 is 0 Å². The molecule has 0 atom stereocenters. The predicted molar refractivity (Wildman–Crippen MR) is 73.8 cm³/mol. The van der Waals surface area contributed by atoms with Gasteiger partial charge in [-0.1, -0.05) is 0 Å². The minimum absolute atomic E-state index is 0.439. The highest BCUT2D eigenvalue weighted by molar-refractivity contribution is 5.04. The Morgan fingerprint density at radius 1 is 1.42 bits per heavy atom. The quantitative estimate of drug-likeness (QED) is 0.862. The fourth-order valence-electron chi connectivity index (χ4n) is 2.27. The maximum atomic E-state index is 4.44. The topological polar surface area (TPSA) is 47.7 Å². The molecule has 1 aliphatic carbocycles. The molecule has 0 unspecified atom stereocenters. The average molecular weight is 259 g/mol. The summed E-state index contributed by atoms with van der Waals surface area (Å²) < 4.78 is 4.41. The van der Waals surface area contributed by atoms with Gasteiger partial charge in [0, 0.05) is 30.7 Å². The Labute approximate surface area is 113 Å². The highest BCUT2D eigenvalue weighted by Gasteiger charge is 2.20. The van der Waals surface area contributed by atoms with Gasteiger partial charge < -0.3 is 14.5 Å². The van der Waals surface area contributed by atoms with E-state index in [-0.39, 0.29) is 0 Å². The standard InChI is InChI=1S/C14H21N5/c1-11(2)19-10-15-7-13(19)9-18-6-5-16-14(18)8-17-12-3-4-12/h5-7,10-12,17H,3-4,8-9H2,1-2H3. The van der Waals surface area contributed by atoms with E-state index in [1.165, 1.54) is 18.5 Å². The molecule has 0 aromatic carbocycles. The van der Waals surface area contributed by atoms with Crippen molar-refractivity contribution in [3.8, 4) is 0 Å². The molecule has 102 valence electrons. The third-order valence-corrected chi connectivity index (χ3v) is 3.56. The molecule has 1 N–H and O–H groups in total. The van der Waals surface area contributed by atoms with E-state index < -0.39 is 0 Å². The van der Waals surface area contributed by atoms with E-state index in [1.807, 2.05) is 24.9 Å². The smallest absolute Gasteiger partial charge is 0.123 e. The SMILES string of the molecule is CC(C)n1cncc1Cn1ccnc1CNC1CC1. The van der Waals surface area contributed by atoms with E-state index in [9.17, 15) is 0 Å². The fourth-order valence-corrected chi connectivity index (χ4v) is 2.27. The van der Waals surface area contributed by atoms with Crippen LogP contribution < -0.4 is 5.32 Å². The maximum absolute atomic E-state index is 4.44. The summed E-state index contributed by atoms with van der Waals surface area (Å²) in [5.74, 6) is 1.10. The Kier molecular flexibility index (Phi) is 3.38. The first-order valence-electron chi connectivity index (χ1n) is 6.98. The van der Waals surface area contributed by atoms with Crippen LogP contribution in [-0.2, 0) is 13.1 Å². The van der Waals surface area contributed by atoms with Crippen LogP contribution >= 0.6 is 0 Å². The maximum Gasteiger partial charge on any atom is 0.123 e. The minimum Gasteiger partial charge on any atom is -0.330 e. The molecule has 1 aliphatic rings. The van der Waals surface area contributed by atoms with Gasteiger partial charge in [-0.25, -0.2) is 9.97 Å². The Morgan fingerprint density at radius 2 is 2.26 bits per heavy atom. The summed E-state index contributed by atoms with van der Waals surface area (Å²) >= 11 is 0. The Hall–Kier alpha value is -1.62. The molecule has 0 bridgehead atoms. The molecule has 0 aliphatic heterocycles. The Morgan fingerprint density at radius 3 is 3.00 bits per heavy atom. The van der Waals surface area contributed by atoms with Gasteiger partial charge in [0.1, 0.15) is 5.82 Å². The van der Waals surface area contributed by atoms with Gasteiger partial charge >= 0.3 is 0 Å². The fraction of sp³-hybridized carbons (Fsp3) is 0.571. The van der Waals surface area contributed by atoms with E-state index in [0.717, 1.165) is 18.9 Å². The molecular weight excluding hydrogens is 238 g/mol. The molecule has 1 fully saturated rings. The van der Waals surface area contributed by atoms with Crippen LogP contribution in [0.2, 0.25) is 0 Å². The van der Waals surface area contributed by atoms with Crippen LogP contribution in [0.5, 0.6) is 0 Å². The van der Waals surface area contributed by atoms with Gasteiger partial charge in [-0.15, -0.1) is 0 Å². The molecule has 0 saturated heterocycles. The lowest BCUT2D eigenvalue weighted by molar-refractivity contribution is 0.549. The van der Waals surface area contributed by atoms with E-state index in [4.69, 9.17) is 0 Å². The minimum atomic E-state index is 0.439. The van der Waals surface area contributed by atoms with Crippen LogP contribution in [0.15, 0.2) is 24.9 Å². The molecule has 3 rings (SSSR count). The first-order valence-corrected chi connectivity index (χ1v) is 6.98. The van der Waals surface area contributed by atoms with Gasteiger partial charge in [-0.05, 0) is 26.7 Å². The van der Waals surface area contributed by atoms with E-state index in [2.05, 4.69) is 38.3 Å². The monoisotopic (exact) mass is 259 g/mol. The summed E-state index contributed by atoms with van der Waals surface area (Å²) in [6.45, 7) is 6.04. The van der Waals surface area contributed by atoms with Crippen molar-refractivity contribution in [2.45, 2.75) is 51.9 Å². The van der Waals surface area contributed by atoms with Gasteiger partial charge in [-0.2, -0.15) is 0 Å². The molecule has 2 aromatic heterocycles. The first-order chi connectivity index (χ1) is 9.24. The molecule has 1 saturated carbocycles. The van der Waals surface area contributed by atoms with E-state index in [0.29, 0.717) is 12.1 Å². The number of rotatable bonds is 6. The van der Waals surface area contributed by atoms with Gasteiger partial charge in [0.2, 0.25) is 0 Å². The first kappa shape index (κ1) is 12.4. The second kappa shape index (κ2) is 5.17. The van der Waals surface area contributed by atoms with Crippen molar-refractivity contribution >= 4 is 0 Å². The largest absolute Gasteiger partial charge is 0.330 e. The average Bonchev–Trinajstić information content (AvgIpc) is 2.92. The molecule has 5 nitrogen and oxygen atoms in total. The van der Waals surface area contributed by atoms with Gasteiger partial charge in [-0.3, -0.25) is 0 Å². The second-order valence-electron chi connectivity index (χ2n) is 5.51. The lowest BCUT2D eigenvalue weighted by atomic mass is 10.3.